The Kier molecular flexibility index (Phi) is 5.81. The topological polar surface area (TPSA) is 49.8 Å². The molecule has 1 aliphatic rings. The van der Waals surface area contributed by atoms with E-state index < -0.39 is 7.92 Å². The van der Waals surface area contributed by atoms with E-state index >= 15 is 0 Å². The highest BCUT2D eigenvalue weighted by atomic mass is 31.1. The van der Waals surface area contributed by atoms with E-state index in [1.807, 2.05) is 48.5 Å². The van der Waals surface area contributed by atoms with Crippen molar-refractivity contribution in [2.45, 2.75) is 31.8 Å². The third kappa shape index (κ3) is 3.83. The largest absolute Gasteiger partial charge is 0.496 e. The summed E-state index contributed by atoms with van der Waals surface area (Å²) in [5.41, 5.74) is 2.91. The second-order valence-electron chi connectivity index (χ2n) is 8.31. The van der Waals surface area contributed by atoms with Crippen molar-refractivity contribution >= 4 is 13.2 Å². The van der Waals surface area contributed by atoms with E-state index in [-0.39, 0.29) is 11.0 Å². The molecular weight excluding hydrogens is 409 g/mol. The van der Waals surface area contributed by atoms with Gasteiger partial charge in [0.25, 0.3) is 0 Å². The normalized spacial score (nSPS) is 17.6. The lowest BCUT2D eigenvalue weighted by molar-refractivity contribution is 0.292. The first-order chi connectivity index (χ1) is 14.9. The number of aromatic nitrogens is 1. The number of rotatable bonds is 5. The van der Waals surface area contributed by atoms with E-state index in [1.54, 1.807) is 21.3 Å². The van der Waals surface area contributed by atoms with Crippen LogP contribution in [0.4, 0.5) is 0 Å². The van der Waals surface area contributed by atoms with Crippen molar-refractivity contribution in [2.75, 3.05) is 21.3 Å². The van der Waals surface area contributed by atoms with E-state index in [9.17, 15) is 0 Å². The summed E-state index contributed by atoms with van der Waals surface area (Å²) >= 11 is 0. The van der Waals surface area contributed by atoms with Crippen LogP contribution in [0.1, 0.15) is 32.3 Å². The van der Waals surface area contributed by atoms with Crippen LogP contribution in [-0.4, -0.2) is 31.5 Å². The van der Waals surface area contributed by atoms with Crippen LogP contribution >= 0.6 is 7.92 Å². The molecule has 0 aliphatic carbocycles. The number of ether oxygens (including phenoxy) is 4. The Balaban J connectivity index is 1.94. The van der Waals surface area contributed by atoms with Crippen LogP contribution in [0.25, 0.3) is 11.1 Å². The smallest absolute Gasteiger partial charge is 0.213 e. The van der Waals surface area contributed by atoms with Gasteiger partial charge in [-0.25, -0.2) is 4.98 Å². The first-order valence-corrected chi connectivity index (χ1v) is 11.6. The van der Waals surface area contributed by atoms with Gasteiger partial charge in [0.1, 0.15) is 17.2 Å². The van der Waals surface area contributed by atoms with Gasteiger partial charge in [-0.05, 0) is 37.3 Å². The Bertz CT molecular complexity index is 1070. The number of methoxy groups -OCH3 is 3. The van der Waals surface area contributed by atoms with Gasteiger partial charge in [-0.15, -0.1) is 0 Å². The quantitative estimate of drug-likeness (QED) is 0.474. The van der Waals surface area contributed by atoms with E-state index in [4.69, 9.17) is 23.9 Å². The number of nitrogens with zero attached hydrogens (tertiary/aromatic N) is 1. The lowest BCUT2D eigenvalue weighted by atomic mass is 10.0. The van der Waals surface area contributed by atoms with Crippen molar-refractivity contribution in [3.8, 4) is 34.3 Å². The minimum Gasteiger partial charge on any atom is -0.496 e. The van der Waals surface area contributed by atoms with Gasteiger partial charge in [0, 0.05) is 16.9 Å². The molecule has 0 saturated heterocycles. The van der Waals surface area contributed by atoms with E-state index in [0.717, 1.165) is 34.1 Å². The van der Waals surface area contributed by atoms with Crippen molar-refractivity contribution in [1.29, 1.82) is 0 Å². The van der Waals surface area contributed by atoms with Crippen molar-refractivity contribution in [3.05, 3.63) is 60.3 Å². The second kappa shape index (κ2) is 8.39. The molecular formula is C25H28NO4P. The second-order valence-corrected chi connectivity index (χ2v) is 11.3. The summed E-state index contributed by atoms with van der Waals surface area (Å²) in [6.07, 6.45) is 0. The van der Waals surface area contributed by atoms with Crippen LogP contribution in [0.3, 0.4) is 0 Å². The molecule has 0 fully saturated rings. The summed E-state index contributed by atoms with van der Waals surface area (Å²) in [6, 6.07) is 17.9. The van der Waals surface area contributed by atoms with Crippen molar-refractivity contribution in [2.24, 2.45) is 0 Å². The average Bonchev–Trinajstić information content (AvgIpc) is 3.19. The Morgan fingerprint density at radius 2 is 1.48 bits per heavy atom. The van der Waals surface area contributed by atoms with E-state index in [1.165, 1.54) is 5.30 Å². The summed E-state index contributed by atoms with van der Waals surface area (Å²) in [5, 5.41) is 1.18. The zero-order valence-electron chi connectivity index (χ0n) is 18.8. The molecule has 31 heavy (non-hydrogen) atoms. The SMILES string of the molecule is COc1cccc(C2Oc3cccc(-c4c(OC)cccc4OC)c3[P@@]2C(C)(C)C)n1. The minimum atomic E-state index is -0.790. The van der Waals surface area contributed by atoms with Crippen LogP contribution in [0.15, 0.2) is 54.6 Å². The molecule has 162 valence electrons. The van der Waals surface area contributed by atoms with Gasteiger partial charge in [0.2, 0.25) is 5.88 Å². The molecule has 0 bridgehead atoms. The molecule has 2 heterocycles. The first-order valence-electron chi connectivity index (χ1n) is 10.2. The number of hydrogen-bond donors (Lipinski definition) is 0. The predicted molar refractivity (Wildman–Crippen MR) is 125 cm³/mol. The Morgan fingerprint density at radius 1 is 0.839 bits per heavy atom. The van der Waals surface area contributed by atoms with Gasteiger partial charge in [0.15, 0.2) is 5.85 Å². The molecule has 1 unspecified atom stereocenters. The molecule has 6 heteroatoms. The van der Waals surface area contributed by atoms with Crippen LogP contribution in [0.2, 0.25) is 0 Å². The van der Waals surface area contributed by atoms with Gasteiger partial charge < -0.3 is 18.9 Å². The maximum absolute atomic E-state index is 6.57. The highest BCUT2D eigenvalue weighted by molar-refractivity contribution is 7.68. The van der Waals surface area contributed by atoms with Crippen LogP contribution in [0, 0.1) is 0 Å². The molecule has 1 aliphatic heterocycles. The monoisotopic (exact) mass is 437 g/mol. The first kappa shape index (κ1) is 21.5. The maximum Gasteiger partial charge on any atom is 0.213 e. The summed E-state index contributed by atoms with van der Waals surface area (Å²) in [4.78, 5) is 4.71. The molecule has 0 saturated carbocycles. The molecule has 3 aromatic rings. The highest BCUT2D eigenvalue weighted by Crippen LogP contribution is 2.66. The number of hydrogen-bond acceptors (Lipinski definition) is 5. The van der Waals surface area contributed by atoms with Crippen molar-refractivity contribution in [3.63, 3.8) is 0 Å². The molecule has 0 N–H and O–H groups in total. The molecule has 0 radical (unpaired) electrons. The summed E-state index contributed by atoms with van der Waals surface area (Å²) in [7, 11) is 4.22. The van der Waals surface area contributed by atoms with Crippen molar-refractivity contribution < 1.29 is 18.9 Å². The fourth-order valence-electron chi connectivity index (χ4n) is 4.04. The van der Waals surface area contributed by atoms with Crippen LogP contribution < -0.4 is 24.3 Å². The zero-order chi connectivity index (χ0) is 22.2. The van der Waals surface area contributed by atoms with Gasteiger partial charge in [-0.2, -0.15) is 0 Å². The summed E-state index contributed by atoms with van der Waals surface area (Å²) in [6.45, 7) is 6.79. The number of pyridine rings is 1. The fraction of sp³-hybridized carbons (Fsp3) is 0.320. The lowest BCUT2D eigenvalue weighted by Gasteiger charge is -2.32. The van der Waals surface area contributed by atoms with Gasteiger partial charge >= 0.3 is 0 Å². The maximum atomic E-state index is 6.57. The molecule has 5 nitrogen and oxygen atoms in total. The average molecular weight is 437 g/mol. The van der Waals surface area contributed by atoms with Gasteiger partial charge in [0.05, 0.1) is 32.6 Å². The molecule has 1 aromatic heterocycles. The molecule has 4 rings (SSSR count). The number of fused-ring (bicyclic) bond motifs is 1. The molecule has 0 spiro atoms. The molecule has 0 amide bonds. The predicted octanol–water partition coefficient (Wildman–Crippen LogP) is 5.77. The van der Waals surface area contributed by atoms with Crippen LogP contribution in [-0.2, 0) is 0 Å². The molecule has 2 atom stereocenters. The molecule has 2 aromatic carbocycles. The fourth-order valence-corrected chi connectivity index (χ4v) is 7.08. The van der Waals surface area contributed by atoms with Crippen molar-refractivity contribution in [1.82, 2.24) is 4.98 Å². The van der Waals surface area contributed by atoms with E-state index in [0.29, 0.717) is 5.88 Å². The Labute approximate surface area is 185 Å². The minimum absolute atomic E-state index is 0.0264. The summed E-state index contributed by atoms with van der Waals surface area (Å²) < 4.78 is 23.4. The van der Waals surface area contributed by atoms with Crippen LogP contribution in [0.5, 0.6) is 23.1 Å². The Hall–Kier alpha value is -2.78. The zero-order valence-corrected chi connectivity index (χ0v) is 19.7. The van der Waals surface area contributed by atoms with Gasteiger partial charge in [-0.1, -0.05) is 45.0 Å². The lowest BCUT2D eigenvalue weighted by Crippen LogP contribution is -2.21. The Morgan fingerprint density at radius 3 is 2.10 bits per heavy atom. The third-order valence-corrected chi connectivity index (χ3v) is 8.57. The number of benzene rings is 2. The third-order valence-electron chi connectivity index (χ3n) is 5.34. The standard InChI is InChI=1S/C25H28NO4P/c1-25(2,3)31-23-16(22-18(27-4)12-9-13-19(22)28-5)10-7-14-20(23)30-24(31)17-11-8-15-21(26-17)29-6/h7-15,24H,1-6H3/t24?,31-/m1/s1. The van der Waals surface area contributed by atoms with Gasteiger partial charge in [-0.3, -0.25) is 0 Å². The summed E-state index contributed by atoms with van der Waals surface area (Å²) in [5.74, 6) is 2.87. The highest BCUT2D eigenvalue weighted by Gasteiger charge is 2.45. The van der Waals surface area contributed by atoms with E-state index in [2.05, 4.69) is 26.8 Å².